The molecule has 0 saturated carbocycles. The van der Waals surface area contributed by atoms with E-state index in [1.54, 1.807) is 24.3 Å². The number of halogens is 3. The average molecular weight is 486 g/mol. The number of ether oxygens (including phenoxy) is 1. The SMILES string of the molecule is O=C(Oc1cccc(Br)c1)c1nc(S(=O)(=O)Cc2ccc(F)cc2)ncc1Cl. The van der Waals surface area contributed by atoms with Crippen LogP contribution in [0.1, 0.15) is 16.1 Å². The Balaban J connectivity index is 1.87. The fourth-order valence-corrected chi connectivity index (χ4v) is 3.94. The summed E-state index contributed by atoms with van der Waals surface area (Å²) in [6, 6.07) is 11.5. The Labute approximate surface area is 173 Å². The lowest BCUT2D eigenvalue weighted by molar-refractivity contribution is 0.0727. The van der Waals surface area contributed by atoms with Crippen molar-refractivity contribution in [3.8, 4) is 5.75 Å². The highest BCUT2D eigenvalue weighted by atomic mass is 79.9. The van der Waals surface area contributed by atoms with Crippen molar-refractivity contribution >= 4 is 43.3 Å². The Kier molecular flexibility index (Phi) is 6.07. The van der Waals surface area contributed by atoms with E-state index < -0.39 is 32.5 Å². The van der Waals surface area contributed by atoms with Gasteiger partial charge >= 0.3 is 5.97 Å². The van der Waals surface area contributed by atoms with Crippen molar-refractivity contribution in [3.63, 3.8) is 0 Å². The third-order valence-corrected chi connectivity index (χ3v) is 5.71. The quantitative estimate of drug-likeness (QED) is 0.305. The van der Waals surface area contributed by atoms with E-state index in [1.807, 2.05) is 0 Å². The smallest absolute Gasteiger partial charge is 0.364 e. The molecule has 6 nitrogen and oxygen atoms in total. The number of benzene rings is 2. The standard InChI is InChI=1S/C18H11BrClFN2O4S/c19-12-2-1-3-14(8-12)27-17(24)16-15(20)9-22-18(23-16)28(25,26)10-11-4-6-13(21)7-5-11/h1-9H,10H2. The summed E-state index contributed by atoms with van der Waals surface area (Å²) in [7, 11) is -4.00. The largest absolute Gasteiger partial charge is 0.422 e. The summed E-state index contributed by atoms with van der Waals surface area (Å²) in [6.07, 6.45) is 1.02. The Bertz CT molecular complexity index is 1140. The average Bonchev–Trinajstić information content (AvgIpc) is 2.63. The second-order valence-corrected chi connectivity index (χ2v) is 8.79. The van der Waals surface area contributed by atoms with Crippen LogP contribution in [0.3, 0.4) is 0 Å². The van der Waals surface area contributed by atoms with Crippen LogP contribution in [-0.4, -0.2) is 24.4 Å². The minimum Gasteiger partial charge on any atom is -0.422 e. The van der Waals surface area contributed by atoms with E-state index in [-0.39, 0.29) is 16.5 Å². The first-order valence-corrected chi connectivity index (χ1v) is 10.5. The molecule has 0 amide bonds. The molecule has 1 heterocycles. The van der Waals surface area contributed by atoms with Gasteiger partial charge in [0.1, 0.15) is 11.6 Å². The highest BCUT2D eigenvalue weighted by Crippen LogP contribution is 2.22. The van der Waals surface area contributed by atoms with Crippen LogP contribution in [-0.2, 0) is 15.6 Å². The van der Waals surface area contributed by atoms with Gasteiger partial charge in [-0.15, -0.1) is 0 Å². The molecule has 10 heteroatoms. The summed E-state index contributed by atoms with van der Waals surface area (Å²) in [5, 5.41) is -0.733. The third kappa shape index (κ3) is 4.92. The molecule has 0 radical (unpaired) electrons. The molecular weight excluding hydrogens is 475 g/mol. The molecule has 0 saturated heterocycles. The number of esters is 1. The minimum atomic E-state index is -4.00. The van der Waals surface area contributed by atoms with E-state index in [2.05, 4.69) is 25.9 Å². The number of carbonyl (C=O) groups is 1. The van der Waals surface area contributed by atoms with Gasteiger partial charge in [-0.05, 0) is 35.9 Å². The van der Waals surface area contributed by atoms with Crippen molar-refractivity contribution < 1.29 is 22.3 Å². The molecule has 0 spiro atoms. The van der Waals surface area contributed by atoms with Gasteiger partial charge in [-0.1, -0.05) is 45.7 Å². The molecule has 3 rings (SSSR count). The topological polar surface area (TPSA) is 86.2 Å². The van der Waals surface area contributed by atoms with E-state index in [0.29, 0.717) is 10.0 Å². The van der Waals surface area contributed by atoms with Gasteiger partial charge < -0.3 is 4.74 Å². The van der Waals surface area contributed by atoms with Crippen molar-refractivity contribution in [3.05, 3.63) is 81.3 Å². The molecule has 2 aromatic carbocycles. The zero-order valence-corrected chi connectivity index (χ0v) is 17.1. The second kappa shape index (κ2) is 8.34. The summed E-state index contributed by atoms with van der Waals surface area (Å²) in [5.74, 6) is -1.65. The summed E-state index contributed by atoms with van der Waals surface area (Å²) >= 11 is 9.20. The Morgan fingerprint density at radius 2 is 1.89 bits per heavy atom. The van der Waals surface area contributed by atoms with Crippen molar-refractivity contribution in [2.75, 3.05) is 0 Å². The predicted octanol–water partition coefficient (Wildman–Crippen LogP) is 4.22. The van der Waals surface area contributed by atoms with Gasteiger partial charge in [0.15, 0.2) is 5.69 Å². The zero-order valence-electron chi connectivity index (χ0n) is 14.0. The second-order valence-electron chi connectivity index (χ2n) is 5.58. The number of aromatic nitrogens is 2. The highest BCUT2D eigenvalue weighted by molar-refractivity contribution is 9.10. The van der Waals surface area contributed by atoms with Crippen LogP contribution in [0, 0.1) is 5.82 Å². The Morgan fingerprint density at radius 3 is 2.57 bits per heavy atom. The maximum Gasteiger partial charge on any atom is 0.364 e. The molecule has 0 unspecified atom stereocenters. The lowest BCUT2D eigenvalue weighted by Gasteiger charge is -2.08. The van der Waals surface area contributed by atoms with Crippen LogP contribution in [0.5, 0.6) is 5.75 Å². The maximum atomic E-state index is 13.0. The van der Waals surface area contributed by atoms with Crippen LogP contribution < -0.4 is 4.74 Å². The zero-order chi connectivity index (χ0) is 20.3. The summed E-state index contributed by atoms with van der Waals surface area (Å²) < 4.78 is 44.0. The van der Waals surface area contributed by atoms with E-state index in [1.165, 1.54) is 12.1 Å². The molecule has 0 aliphatic rings. The number of nitrogens with zero attached hydrogens (tertiary/aromatic N) is 2. The van der Waals surface area contributed by atoms with E-state index in [0.717, 1.165) is 18.3 Å². The van der Waals surface area contributed by atoms with Crippen molar-refractivity contribution in [1.82, 2.24) is 9.97 Å². The molecule has 0 atom stereocenters. The molecule has 0 aliphatic heterocycles. The Hall–Kier alpha value is -2.36. The Morgan fingerprint density at radius 1 is 1.18 bits per heavy atom. The first kappa shape index (κ1) is 20.4. The van der Waals surface area contributed by atoms with Crippen molar-refractivity contribution in [1.29, 1.82) is 0 Å². The van der Waals surface area contributed by atoms with Gasteiger partial charge in [-0.2, -0.15) is 0 Å². The summed E-state index contributed by atoms with van der Waals surface area (Å²) in [6.45, 7) is 0. The number of hydrogen-bond donors (Lipinski definition) is 0. The molecule has 0 fully saturated rings. The fraction of sp³-hybridized carbons (Fsp3) is 0.0556. The fourth-order valence-electron chi connectivity index (χ4n) is 2.19. The van der Waals surface area contributed by atoms with Crippen LogP contribution in [0.4, 0.5) is 4.39 Å². The normalized spacial score (nSPS) is 11.2. The first-order chi connectivity index (χ1) is 13.2. The highest BCUT2D eigenvalue weighted by Gasteiger charge is 2.24. The number of sulfone groups is 1. The number of hydrogen-bond acceptors (Lipinski definition) is 6. The predicted molar refractivity (Wildman–Crippen MR) is 103 cm³/mol. The van der Waals surface area contributed by atoms with Crippen LogP contribution in [0.25, 0.3) is 0 Å². The van der Waals surface area contributed by atoms with Gasteiger partial charge in [0, 0.05) is 4.47 Å². The van der Waals surface area contributed by atoms with Crippen molar-refractivity contribution in [2.24, 2.45) is 0 Å². The van der Waals surface area contributed by atoms with Crippen LogP contribution in [0.15, 0.2) is 64.4 Å². The minimum absolute atomic E-state index is 0.152. The summed E-state index contributed by atoms with van der Waals surface area (Å²) in [4.78, 5) is 19.9. The van der Waals surface area contributed by atoms with E-state index in [9.17, 15) is 17.6 Å². The summed E-state index contributed by atoms with van der Waals surface area (Å²) in [5.41, 5.74) is -0.0347. The molecule has 1 aromatic heterocycles. The first-order valence-electron chi connectivity index (χ1n) is 7.72. The van der Waals surface area contributed by atoms with E-state index in [4.69, 9.17) is 16.3 Å². The molecule has 3 aromatic rings. The van der Waals surface area contributed by atoms with Crippen molar-refractivity contribution in [2.45, 2.75) is 10.9 Å². The molecular formula is C18H11BrClFN2O4S. The molecule has 144 valence electrons. The molecule has 28 heavy (non-hydrogen) atoms. The van der Waals surface area contributed by atoms with Gasteiger partial charge in [0.2, 0.25) is 15.0 Å². The lowest BCUT2D eigenvalue weighted by Crippen LogP contribution is -2.16. The van der Waals surface area contributed by atoms with Gasteiger partial charge in [0.05, 0.1) is 17.0 Å². The molecule has 0 bridgehead atoms. The lowest BCUT2D eigenvalue weighted by atomic mass is 10.2. The van der Waals surface area contributed by atoms with E-state index >= 15 is 0 Å². The third-order valence-electron chi connectivity index (χ3n) is 3.47. The maximum absolute atomic E-state index is 13.0. The number of carbonyl (C=O) groups excluding carboxylic acids is 1. The number of rotatable bonds is 5. The van der Waals surface area contributed by atoms with Crippen LogP contribution >= 0.6 is 27.5 Å². The monoisotopic (exact) mass is 484 g/mol. The van der Waals surface area contributed by atoms with Crippen LogP contribution in [0.2, 0.25) is 5.02 Å². The van der Waals surface area contributed by atoms with Gasteiger partial charge in [-0.25, -0.2) is 27.6 Å². The van der Waals surface area contributed by atoms with Gasteiger partial charge in [0.25, 0.3) is 0 Å². The molecule has 0 N–H and O–H groups in total. The molecule has 0 aliphatic carbocycles. The van der Waals surface area contributed by atoms with Gasteiger partial charge in [-0.3, -0.25) is 0 Å².